The molecular formula is C16H16N4O3S2. The van der Waals surface area contributed by atoms with Crippen molar-refractivity contribution in [2.75, 3.05) is 17.7 Å². The molecule has 25 heavy (non-hydrogen) atoms. The average Bonchev–Trinajstić information content (AvgIpc) is 2.61. The van der Waals surface area contributed by atoms with Gasteiger partial charge in [0.15, 0.2) is 5.11 Å². The van der Waals surface area contributed by atoms with E-state index in [1.54, 1.807) is 12.1 Å². The third kappa shape index (κ3) is 6.14. The molecule has 0 heterocycles. The van der Waals surface area contributed by atoms with Crippen molar-refractivity contribution < 1.29 is 10.0 Å². The smallest absolute Gasteiger partial charge is 0.283 e. The largest absolute Gasteiger partial charge is 0.396 e. The molecule has 0 saturated carbocycles. The van der Waals surface area contributed by atoms with Crippen LogP contribution < -0.4 is 10.7 Å². The molecule has 2 aromatic rings. The van der Waals surface area contributed by atoms with Crippen LogP contribution in [-0.4, -0.2) is 33.7 Å². The number of nitrogens with zero attached hydrogens (tertiary/aromatic N) is 2. The number of thioether (sulfide) groups is 1. The van der Waals surface area contributed by atoms with Gasteiger partial charge in [0.25, 0.3) is 5.69 Å². The van der Waals surface area contributed by atoms with Crippen LogP contribution in [0.15, 0.2) is 58.5 Å². The quantitative estimate of drug-likeness (QED) is 0.225. The van der Waals surface area contributed by atoms with Crippen LogP contribution in [0.3, 0.4) is 0 Å². The fourth-order valence-electron chi connectivity index (χ4n) is 1.88. The molecule has 0 aliphatic rings. The summed E-state index contributed by atoms with van der Waals surface area (Å²) in [5.74, 6) is 0.398. The molecular weight excluding hydrogens is 360 g/mol. The van der Waals surface area contributed by atoms with E-state index in [0.29, 0.717) is 21.3 Å². The van der Waals surface area contributed by atoms with Crippen LogP contribution in [0, 0.1) is 10.1 Å². The van der Waals surface area contributed by atoms with Crippen LogP contribution in [0.25, 0.3) is 0 Å². The molecule has 0 aromatic heterocycles. The first-order valence-corrected chi connectivity index (χ1v) is 8.66. The van der Waals surface area contributed by atoms with Gasteiger partial charge in [-0.1, -0.05) is 24.3 Å². The normalized spacial score (nSPS) is 10.6. The zero-order valence-corrected chi connectivity index (χ0v) is 14.7. The lowest BCUT2D eigenvalue weighted by Gasteiger charge is -2.06. The first-order chi connectivity index (χ1) is 12.1. The van der Waals surface area contributed by atoms with Crippen molar-refractivity contribution in [1.82, 2.24) is 5.43 Å². The third-order valence-electron chi connectivity index (χ3n) is 2.94. The molecule has 7 nitrogen and oxygen atoms in total. The van der Waals surface area contributed by atoms with E-state index in [1.807, 2.05) is 30.3 Å². The molecule has 3 N–H and O–H groups in total. The van der Waals surface area contributed by atoms with E-state index < -0.39 is 4.92 Å². The fourth-order valence-corrected chi connectivity index (χ4v) is 2.81. The van der Waals surface area contributed by atoms with Crippen LogP contribution in [0.4, 0.5) is 11.4 Å². The van der Waals surface area contributed by atoms with Crippen molar-refractivity contribution in [3.8, 4) is 0 Å². The minimum absolute atomic E-state index is 0.0209. The monoisotopic (exact) mass is 376 g/mol. The summed E-state index contributed by atoms with van der Waals surface area (Å²) >= 11 is 6.35. The van der Waals surface area contributed by atoms with Gasteiger partial charge in [-0.25, -0.2) is 0 Å². The Kier molecular flexibility index (Phi) is 7.33. The number of nitro groups is 1. The summed E-state index contributed by atoms with van der Waals surface area (Å²) in [6, 6.07) is 14.2. The van der Waals surface area contributed by atoms with Crippen molar-refractivity contribution >= 4 is 46.7 Å². The molecule has 0 aliphatic carbocycles. The zero-order valence-electron chi connectivity index (χ0n) is 13.1. The van der Waals surface area contributed by atoms with Gasteiger partial charge in [0.2, 0.25) is 0 Å². The van der Waals surface area contributed by atoms with Gasteiger partial charge in [-0.2, -0.15) is 5.10 Å². The molecule has 0 unspecified atom stereocenters. The van der Waals surface area contributed by atoms with E-state index in [0.717, 1.165) is 5.69 Å². The predicted molar refractivity (Wildman–Crippen MR) is 104 cm³/mol. The van der Waals surface area contributed by atoms with Crippen LogP contribution in [-0.2, 0) is 0 Å². The van der Waals surface area contributed by atoms with Crippen molar-refractivity contribution in [3.63, 3.8) is 0 Å². The van der Waals surface area contributed by atoms with Gasteiger partial charge in [-0.15, -0.1) is 11.8 Å². The molecule has 2 rings (SSSR count). The number of benzene rings is 2. The summed E-state index contributed by atoms with van der Waals surface area (Å²) in [6.07, 6.45) is 1.45. The highest BCUT2D eigenvalue weighted by molar-refractivity contribution is 7.99. The topological polar surface area (TPSA) is 99.8 Å². The van der Waals surface area contributed by atoms with E-state index in [1.165, 1.54) is 24.0 Å². The second-order valence-electron chi connectivity index (χ2n) is 4.75. The summed E-state index contributed by atoms with van der Waals surface area (Å²) in [4.78, 5) is 11.2. The number of nitro benzene ring substituents is 1. The molecule has 0 atom stereocenters. The van der Waals surface area contributed by atoms with Crippen molar-refractivity contribution in [3.05, 3.63) is 64.2 Å². The van der Waals surface area contributed by atoms with E-state index >= 15 is 0 Å². The minimum atomic E-state index is -0.452. The Morgan fingerprint density at radius 3 is 2.76 bits per heavy atom. The number of para-hydroxylation sites is 1. The molecule has 9 heteroatoms. The molecule has 0 aliphatic heterocycles. The SMILES string of the molecule is O=[N+]([O-])c1cc(C=NNC(=S)Nc2ccccc2)ccc1SCCO. The summed E-state index contributed by atoms with van der Waals surface area (Å²) in [7, 11) is 0. The summed E-state index contributed by atoms with van der Waals surface area (Å²) in [5.41, 5.74) is 4.03. The standard InChI is InChI=1S/C16H16N4O3S2/c21-8-9-25-15-7-6-12(10-14(15)20(22)23)11-17-19-16(24)18-13-4-2-1-3-5-13/h1-7,10-11,21H,8-9H2,(H2,18,19,24). The van der Waals surface area contributed by atoms with Gasteiger partial charge in [0, 0.05) is 23.1 Å². The van der Waals surface area contributed by atoms with Gasteiger partial charge >= 0.3 is 0 Å². The van der Waals surface area contributed by atoms with Gasteiger partial charge in [-0.3, -0.25) is 15.5 Å². The number of anilines is 1. The number of aliphatic hydroxyl groups excluding tert-OH is 1. The zero-order chi connectivity index (χ0) is 18.1. The lowest BCUT2D eigenvalue weighted by molar-refractivity contribution is -0.387. The maximum atomic E-state index is 11.2. The Bertz CT molecular complexity index is 769. The van der Waals surface area contributed by atoms with Crippen LogP contribution in [0.2, 0.25) is 0 Å². The van der Waals surface area contributed by atoms with Crippen LogP contribution in [0.5, 0.6) is 0 Å². The Morgan fingerprint density at radius 2 is 2.08 bits per heavy atom. The lowest BCUT2D eigenvalue weighted by Crippen LogP contribution is -2.23. The molecule has 0 radical (unpaired) electrons. The van der Waals surface area contributed by atoms with Crippen molar-refractivity contribution in [2.45, 2.75) is 4.90 Å². The first-order valence-electron chi connectivity index (χ1n) is 7.27. The number of aliphatic hydroxyl groups is 1. The second kappa shape index (κ2) is 9.72. The molecule has 0 bridgehead atoms. The third-order valence-corrected chi connectivity index (χ3v) is 4.18. The Labute approximate surface area is 154 Å². The molecule has 0 amide bonds. The Hall–Kier alpha value is -2.49. The number of thiocarbonyl (C=S) groups is 1. The van der Waals surface area contributed by atoms with Gasteiger partial charge in [-0.05, 0) is 30.4 Å². The van der Waals surface area contributed by atoms with Gasteiger partial charge < -0.3 is 10.4 Å². The highest BCUT2D eigenvalue weighted by Gasteiger charge is 2.14. The number of hydrazone groups is 1. The van der Waals surface area contributed by atoms with Crippen LogP contribution in [0.1, 0.15) is 5.56 Å². The second-order valence-corrected chi connectivity index (χ2v) is 6.29. The van der Waals surface area contributed by atoms with Gasteiger partial charge in [0.05, 0.1) is 22.6 Å². The minimum Gasteiger partial charge on any atom is -0.396 e. The average molecular weight is 376 g/mol. The van der Waals surface area contributed by atoms with Crippen molar-refractivity contribution in [2.24, 2.45) is 5.10 Å². The number of nitrogens with one attached hydrogen (secondary N) is 2. The van der Waals surface area contributed by atoms with Crippen LogP contribution >= 0.6 is 24.0 Å². The van der Waals surface area contributed by atoms with E-state index in [2.05, 4.69) is 15.8 Å². The number of rotatable bonds is 7. The number of hydrogen-bond donors (Lipinski definition) is 3. The predicted octanol–water partition coefficient (Wildman–Crippen LogP) is 3.00. The van der Waals surface area contributed by atoms with Gasteiger partial charge in [0.1, 0.15) is 0 Å². The highest BCUT2D eigenvalue weighted by atomic mass is 32.2. The first kappa shape index (κ1) is 18.8. The number of hydrogen-bond acceptors (Lipinski definition) is 6. The maximum Gasteiger partial charge on any atom is 0.283 e. The van der Waals surface area contributed by atoms with E-state index in [-0.39, 0.29) is 12.3 Å². The fraction of sp³-hybridized carbons (Fsp3) is 0.125. The van der Waals surface area contributed by atoms with Crippen molar-refractivity contribution in [1.29, 1.82) is 0 Å². The summed E-state index contributed by atoms with van der Waals surface area (Å²) in [5, 5.41) is 27.3. The Morgan fingerprint density at radius 1 is 1.32 bits per heavy atom. The molecule has 0 spiro atoms. The summed E-state index contributed by atoms with van der Waals surface area (Å²) < 4.78 is 0. The molecule has 0 fully saturated rings. The lowest BCUT2D eigenvalue weighted by atomic mass is 10.2. The van der Waals surface area contributed by atoms with E-state index in [9.17, 15) is 10.1 Å². The highest BCUT2D eigenvalue weighted by Crippen LogP contribution is 2.29. The van der Waals surface area contributed by atoms with E-state index in [4.69, 9.17) is 17.3 Å². The maximum absolute atomic E-state index is 11.2. The Balaban J connectivity index is 1.99. The molecule has 2 aromatic carbocycles. The summed E-state index contributed by atoms with van der Waals surface area (Å²) in [6.45, 7) is -0.0409. The molecule has 0 saturated heterocycles. The molecule has 130 valence electrons.